The maximum Gasteiger partial charge on any atom is 0.294 e. The molecule has 5 heteroatoms. The van der Waals surface area contributed by atoms with Gasteiger partial charge < -0.3 is 0 Å². The van der Waals surface area contributed by atoms with Gasteiger partial charge in [-0.25, -0.2) is 0 Å². The molecule has 0 spiro atoms. The van der Waals surface area contributed by atoms with E-state index in [9.17, 15) is 13.0 Å². The lowest BCUT2D eigenvalue weighted by Gasteiger charge is -2.49. The molecule has 0 unspecified atom stereocenters. The van der Waals surface area contributed by atoms with E-state index < -0.39 is 18.2 Å². The molecule has 0 heterocycles. The molecule has 0 radical (unpaired) electrons. The van der Waals surface area contributed by atoms with Crippen LogP contribution in [0.25, 0.3) is 0 Å². The van der Waals surface area contributed by atoms with Gasteiger partial charge in [0.1, 0.15) is 0 Å². The van der Waals surface area contributed by atoms with Crippen LogP contribution in [-0.2, 0) is 16.5 Å². The molecule has 0 bridgehead atoms. The Hall–Kier alpha value is -0.913. The molecular weight excluding hydrogens is 384 g/mol. The third kappa shape index (κ3) is 5.58. The van der Waals surface area contributed by atoms with Crippen LogP contribution in [-0.4, -0.2) is 21.0 Å². The van der Waals surface area contributed by atoms with Gasteiger partial charge in [0, 0.05) is 0 Å². The summed E-state index contributed by atoms with van der Waals surface area (Å²) in [4.78, 5) is 0.159. The van der Waals surface area contributed by atoms with E-state index in [2.05, 4.69) is 55.0 Å². The van der Waals surface area contributed by atoms with Crippen molar-refractivity contribution >= 4 is 23.4 Å². The first kappa shape index (κ1) is 25.1. The number of rotatable bonds is 11. The minimum absolute atomic E-state index is 0.0164. The van der Waals surface area contributed by atoms with E-state index in [1.54, 1.807) is 6.08 Å². The van der Waals surface area contributed by atoms with Gasteiger partial charge in [-0.1, -0.05) is 97.7 Å². The van der Waals surface area contributed by atoms with Crippen molar-refractivity contribution in [3.8, 4) is 0 Å². The van der Waals surface area contributed by atoms with Gasteiger partial charge in [-0.15, -0.1) is 6.58 Å². The van der Waals surface area contributed by atoms with E-state index >= 15 is 0 Å². The highest BCUT2D eigenvalue weighted by molar-refractivity contribution is 7.86. The quantitative estimate of drug-likeness (QED) is 0.261. The zero-order valence-corrected chi connectivity index (χ0v) is 20.7. The van der Waals surface area contributed by atoms with Crippen molar-refractivity contribution in [2.45, 2.75) is 89.8 Å². The van der Waals surface area contributed by atoms with Crippen LogP contribution in [0.1, 0.15) is 66.9 Å². The van der Waals surface area contributed by atoms with E-state index in [-0.39, 0.29) is 9.93 Å². The van der Waals surface area contributed by atoms with Crippen LogP contribution in [0.4, 0.5) is 0 Å². The Balaban J connectivity index is 4.03. The fraction of sp³-hybridized carbons (Fsp3) is 0.652. The van der Waals surface area contributed by atoms with E-state index in [1.807, 2.05) is 18.2 Å². The molecule has 0 aliphatic carbocycles. The second kappa shape index (κ2) is 9.73. The van der Waals surface area contributed by atoms with Crippen molar-refractivity contribution in [3.63, 3.8) is 0 Å². The van der Waals surface area contributed by atoms with Gasteiger partial charge in [0.05, 0.1) is 13.0 Å². The molecule has 160 valence electrons. The zero-order chi connectivity index (χ0) is 21.8. The maximum absolute atomic E-state index is 12.6. The summed E-state index contributed by atoms with van der Waals surface area (Å²) >= 11 is 0. The number of hydrogen-bond acceptors (Lipinski definition) is 2. The SMILES string of the molecule is C=CCc1cccc([Si](CC(C)C)(CC(C)C)C(C)(C)CCC)c1S(=O)(=O)O. The Morgan fingerprint density at radius 2 is 1.68 bits per heavy atom. The zero-order valence-electron chi connectivity index (χ0n) is 18.9. The second-order valence-electron chi connectivity index (χ2n) is 9.67. The Morgan fingerprint density at radius 1 is 1.14 bits per heavy atom. The Kier molecular flexibility index (Phi) is 8.73. The smallest absolute Gasteiger partial charge is 0.282 e. The summed E-state index contributed by atoms with van der Waals surface area (Å²) < 4.78 is 35.5. The Morgan fingerprint density at radius 3 is 2.07 bits per heavy atom. The second-order valence-corrected chi connectivity index (χ2v) is 15.9. The molecule has 1 aromatic rings. The van der Waals surface area contributed by atoms with E-state index in [0.29, 0.717) is 23.8 Å². The molecule has 0 fully saturated rings. The normalized spacial score (nSPS) is 13.4. The highest BCUT2D eigenvalue weighted by Crippen LogP contribution is 2.49. The lowest BCUT2D eigenvalue weighted by Crippen LogP contribution is -2.59. The fourth-order valence-electron chi connectivity index (χ4n) is 5.06. The highest BCUT2D eigenvalue weighted by Gasteiger charge is 2.50. The molecule has 0 saturated heterocycles. The Labute approximate surface area is 174 Å². The van der Waals surface area contributed by atoms with Crippen LogP contribution in [0, 0.1) is 11.8 Å². The van der Waals surface area contributed by atoms with Gasteiger partial charge in [0.2, 0.25) is 0 Å². The largest absolute Gasteiger partial charge is 0.294 e. The van der Waals surface area contributed by atoms with Gasteiger partial charge in [0.15, 0.2) is 0 Å². The van der Waals surface area contributed by atoms with Crippen LogP contribution in [0.5, 0.6) is 0 Å². The van der Waals surface area contributed by atoms with Crippen LogP contribution >= 0.6 is 0 Å². The summed E-state index contributed by atoms with van der Waals surface area (Å²) in [5.41, 5.74) is 0.659. The average Bonchev–Trinajstić information content (AvgIpc) is 2.52. The Bertz CT molecular complexity index is 754. The lowest BCUT2D eigenvalue weighted by atomic mass is 10.1. The molecule has 0 aliphatic heterocycles. The van der Waals surface area contributed by atoms with E-state index in [1.165, 1.54) is 0 Å². The van der Waals surface area contributed by atoms with Crippen molar-refractivity contribution in [2.75, 3.05) is 0 Å². The standard InChI is InChI=1S/C23H40O3SSi/c1-9-12-20-13-11-14-21(22(20)27(24,25)26)28(16-18(3)4,17-19(5)6)23(7,8)15-10-2/h9,11,13-14,18-19H,1,10,12,15-17H2,2-8H3,(H,24,25,26). The minimum Gasteiger partial charge on any atom is -0.282 e. The molecule has 3 nitrogen and oxygen atoms in total. The molecule has 0 aromatic heterocycles. The van der Waals surface area contributed by atoms with Gasteiger partial charge in [-0.05, 0) is 34.0 Å². The van der Waals surface area contributed by atoms with Gasteiger partial charge in [-0.2, -0.15) is 8.42 Å². The summed E-state index contributed by atoms with van der Waals surface area (Å²) in [5.74, 6) is 0.915. The van der Waals surface area contributed by atoms with Crippen molar-refractivity contribution in [1.82, 2.24) is 0 Å². The topological polar surface area (TPSA) is 54.4 Å². The first-order chi connectivity index (χ1) is 12.8. The van der Waals surface area contributed by atoms with Crippen LogP contribution in [0.15, 0.2) is 35.7 Å². The van der Waals surface area contributed by atoms with E-state index in [4.69, 9.17) is 0 Å². The molecule has 0 saturated carbocycles. The van der Waals surface area contributed by atoms with E-state index in [0.717, 1.165) is 30.1 Å². The third-order valence-corrected chi connectivity index (χ3v) is 14.4. The highest BCUT2D eigenvalue weighted by atomic mass is 32.2. The van der Waals surface area contributed by atoms with Gasteiger partial charge in [-0.3, -0.25) is 4.55 Å². The van der Waals surface area contributed by atoms with Gasteiger partial charge in [0.25, 0.3) is 10.1 Å². The summed E-state index contributed by atoms with van der Waals surface area (Å²) in [5, 5.41) is 0.929. The first-order valence-electron chi connectivity index (χ1n) is 10.5. The predicted octanol–water partition coefficient (Wildman–Crippen LogP) is 6.21. The summed E-state index contributed by atoms with van der Waals surface area (Å²) in [7, 11) is -6.66. The summed E-state index contributed by atoms with van der Waals surface area (Å²) in [6.45, 7) is 19.5. The molecule has 1 rings (SSSR count). The molecule has 1 N–H and O–H groups in total. The van der Waals surface area contributed by atoms with Gasteiger partial charge >= 0.3 is 0 Å². The number of benzene rings is 1. The molecule has 28 heavy (non-hydrogen) atoms. The van der Waals surface area contributed by atoms with Crippen LogP contribution < -0.4 is 5.19 Å². The molecule has 0 atom stereocenters. The number of allylic oxidation sites excluding steroid dienone is 1. The monoisotopic (exact) mass is 424 g/mol. The molecule has 1 aromatic carbocycles. The predicted molar refractivity (Wildman–Crippen MR) is 124 cm³/mol. The minimum atomic E-state index is -4.33. The molecule has 0 amide bonds. The van der Waals surface area contributed by atoms with Crippen molar-refractivity contribution < 1.29 is 13.0 Å². The lowest BCUT2D eigenvalue weighted by molar-refractivity contribution is 0.482. The summed E-state index contributed by atoms with van der Waals surface area (Å²) in [6.07, 6.45) is 4.25. The van der Waals surface area contributed by atoms with Crippen molar-refractivity contribution in [3.05, 3.63) is 36.4 Å². The fourth-order valence-corrected chi connectivity index (χ4v) is 13.8. The average molecular weight is 425 g/mol. The molecule has 0 aliphatic rings. The maximum atomic E-state index is 12.6. The van der Waals surface area contributed by atoms with Crippen molar-refractivity contribution in [1.29, 1.82) is 0 Å². The summed E-state index contributed by atoms with van der Waals surface area (Å²) in [6, 6.07) is 7.79. The first-order valence-corrected chi connectivity index (χ1v) is 14.4. The van der Waals surface area contributed by atoms with Crippen LogP contribution in [0.3, 0.4) is 0 Å². The van der Waals surface area contributed by atoms with Crippen LogP contribution in [0.2, 0.25) is 17.1 Å². The van der Waals surface area contributed by atoms with Crippen molar-refractivity contribution in [2.24, 2.45) is 11.8 Å². The third-order valence-electron chi connectivity index (χ3n) is 5.92. The molecular formula is C23H40O3SSi. The number of hydrogen-bond donors (Lipinski definition) is 1.